The molecule has 1 rings (SSSR count). The maximum Gasteiger partial charge on any atom is 0.466 e. The van der Waals surface area contributed by atoms with Gasteiger partial charge in [0.05, 0.1) is 0 Å². The van der Waals surface area contributed by atoms with Crippen LogP contribution in [-0.2, 0) is 4.57 Å². The highest BCUT2D eigenvalue weighted by molar-refractivity contribution is 7.45. The van der Waals surface area contributed by atoms with E-state index in [0.717, 1.165) is 0 Å². The highest BCUT2D eigenvalue weighted by Gasteiger charge is 2.05. The van der Waals surface area contributed by atoms with Crippen LogP contribution in [0.5, 0.6) is 5.75 Å². The van der Waals surface area contributed by atoms with E-state index in [4.69, 9.17) is 29.5 Å². The van der Waals surface area contributed by atoms with Crippen LogP contribution in [-0.4, -0.2) is 53.9 Å². The van der Waals surface area contributed by atoms with Gasteiger partial charge in [0.1, 0.15) is 11.3 Å². The van der Waals surface area contributed by atoms with Gasteiger partial charge in [0.15, 0.2) is 0 Å². The van der Waals surface area contributed by atoms with Crippen molar-refractivity contribution in [1.82, 2.24) is 0 Å². The zero-order chi connectivity index (χ0) is 12.1. The van der Waals surface area contributed by atoms with E-state index < -0.39 is 13.8 Å². The Balaban J connectivity index is 0. The summed E-state index contributed by atoms with van der Waals surface area (Å²) in [5.74, 6) is -1.31. The van der Waals surface area contributed by atoms with Crippen molar-refractivity contribution >= 4 is 36.8 Å². The molecule has 16 heavy (non-hydrogen) atoms. The molecule has 0 radical (unpaired) electrons. The molecule has 5 N–H and O–H groups in total. The molecule has 0 spiro atoms. The van der Waals surface area contributed by atoms with E-state index in [-0.39, 0.29) is 34.4 Å². The quantitative estimate of drug-likeness (QED) is 0.332. The Morgan fingerprint density at radius 3 is 1.75 bits per heavy atom. The molecule has 0 saturated heterocycles. The lowest BCUT2D eigenvalue weighted by atomic mass is 10.2. The van der Waals surface area contributed by atoms with Gasteiger partial charge in [0, 0.05) is 0 Å². The van der Waals surface area contributed by atoms with Crippen molar-refractivity contribution in [2.24, 2.45) is 0 Å². The predicted octanol–water partition coefficient (Wildman–Crippen LogP) is -0.754. The van der Waals surface area contributed by atoms with Gasteiger partial charge in [-0.2, -0.15) is 0 Å². The number of rotatable bonds is 1. The lowest BCUT2D eigenvalue weighted by Gasteiger charge is -1.95. The number of para-hydroxylation sites is 1. The van der Waals surface area contributed by atoms with Gasteiger partial charge in [0.2, 0.25) is 0 Å². The van der Waals surface area contributed by atoms with Crippen LogP contribution >= 0.6 is 7.82 Å². The lowest BCUT2D eigenvalue weighted by Crippen LogP contribution is -1.95. The number of aromatic hydroxyl groups is 1. The minimum atomic E-state index is -4.64. The summed E-state index contributed by atoms with van der Waals surface area (Å²) in [7, 11) is -4.64. The minimum Gasteiger partial charge on any atom is -0.507 e. The SMILES string of the molecule is O=C(O)c1ccccc1O.O=P(O)(O)O.[MgH2]. The average Bonchev–Trinajstić information content (AvgIpc) is 2.01. The molecule has 0 aliphatic rings. The molecule has 1 aromatic rings. The Morgan fingerprint density at radius 2 is 1.50 bits per heavy atom. The third-order valence-corrected chi connectivity index (χ3v) is 1.13. The maximum atomic E-state index is 10.3. The first-order chi connectivity index (χ1) is 6.72. The number of aromatic carboxylic acids is 1. The van der Waals surface area contributed by atoms with E-state index in [1.165, 1.54) is 12.1 Å². The van der Waals surface area contributed by atoms with Gasteiger partial charge in [-0.05, 0) is 12.1 Å². The van der Waals surface area contributed by atoms with Crippen molar-refractivity contribution in [2.45, 2.75) is 0 Å². The highest BCUT2D eigenvalue weighted by Crippen LogP contribution is 2.25. The van der Waals surface area contributed by atoms with Crippen LogP contribution in [0.1, 0.15) is 10.4 Å². The summed E-state index contributed by atoms with van der Waals surface area (Å²) in [6.07, 6.45) is 0. The third kappa shape index (κ3) is 9.90. The van der Waals surface area contributed by atoms with Crippen LogP contribution in [0.2, 0.25) is 0 Å². The van der Waals surface area contributed by atoms with Crippen molar-refractivity contribution < 1.29 is 34.3 Å². The molecule has 0 unspecified atom stereocenters. The van der Waals surface area contributed by atoms with Crippen LogP contribution < -0.4 is 0 Å². The smallest absolute Gasteiger partial charge is 0.466 e. The van der Waals surface area contributed by atoms with Gasteiger partial charge in [-0.3, -0.25) is 0 Å². The summed E-state index contributed by atoms with van der Waals surface area (Å²) in [5, 5.41) is 17.3. The van der Waals surface area contributed by atoms with Gasteiger partial charge >= 0.3 is 36.8 Å². The molecule has 0 amide bonds. The van der Waals surface area contributed by atoms with Crippen LogP contribution in [0.15, 0.2) is 24.3 Å². The van der Waals surface area contributed by atoms with E-state index in [1.54, 1.807) is 12.1 Å². The Kier molecular flexibility index (Phi) is 8.44. The largest absolute Gasteiger partial charge is 0.507 e. The third-order valence-electron chi connectivity index (χ3n) is 1.13. The van der Waals surface area contributed by atoms with Crippen molar-refractivity contribution in [3.05, 3.63) is 29.8 Å². The monoisotopic (exact) mass is 262 g/mol. The van der Waals surface area contributed by atoms with E-state index in [2.05, 4.69) is 0 Å². The normalized spacial score (nSPS) is 9.44. The second kappa shape index (κ2) is 7.61. The molecule has 0 aliphatic carbocycles. The number of phenols is 1. The molecular weight excluding hydrogens is 251 g/mol. The first kappa shape index (κ1) is 17.8. The summed E-state index contributed by atoms with van der Waals surface area (Å²) >= 11 is 0. The molecule has 88 valence electrons. The zero-order valence-electron chi connectivity index (χ0n) is 7.31. The Hall–Kier alpha value is -0.634. The topological polar surface area (TPSA) is 135 Å². The molecule has 0 saturated carbocycles. The van der Waals surface area contributed by atoms with Crippen LogP contribution in [0.25, 0.3) is 0 Å². The lowest BCUT2D eigenvalue weighted by molar-refractivity contribution is 0.0693. The minimum absolute atomic E-state index is 0. The first-order valence-electron chi connectivity index (χ1n) is 3.51. The number of carbonyl (C=O) groups is 1. The van der Waals surface area contributed by atoms with E-state index >= 15 is 0 Å². The molecule has 0 atom stereocenters. The van der Waals surface area contributed by atoms with Crippen molar-refractivity contribution in [3.63, 3.8) is 0 Å². The summed E-state index contributed by atoms with van der Waals surface area (Å²) in [5.41, 5.74) is -0.0671. The zero-order valence-corrected chi connectivity index (χ0v) is 8.20. The van der Waals surface area contributed by atoms with E-state index in [9.17, 15) is 4.79 Å². The van der Waals surface area contributed by atoms with E-state index in [1.807, 2.05) is 0 Å². The molecule has 0 aromatic heterocycles. The predicted molar refractivity (Wildman–Crippen MR) is 57.9 cm³/mol. The Bertz CT molecular complexity index is 380. The van der Waals surface area contributed by atoms with Gasteiger partial charge in [0.25, 0.3) is 0 Å². The Morgan fingerprint density at radius 1 is 1.12 bits per heavy atom. The van der Waals surface area contributed by atoms with Gasteiger partial charge in [-0.15, -0.1) is 0 Å². The van der Waals surface area contributed by atoms with Gasteiger partial charge in [-0.25, -0.2) is 9.36 Å². The average molecular weight is 262 g/mol. The van der Waals surface area contributed by atoms with Crippen LogP contribution in [0.4, 0.5) is 0 Å². The number of carboxylic acid groups (broad SMARTS) is 1. The van der Waals surface area contributed by atoms with Crippen molar-refractivity contribution in [1.29, 1.82) is 0 Å². The summed E-state index contributed by atoms with van der Waals surface area (Å²) in [4.78, 5) is 31.8. The van der Waals surface area contributed by atoms with E-state index in [0.29, 0.717) is 0 Å². The first-order valence-corrected chi connectivity index (χ1v) is 5.08. The number of carboxylic acids is 1. The molecule has 0 fully saturated rings. The molecule has 0 bridgehead atoms. The molecule has 0 heterocycles. The molecule has 9 heteroatoms. The van der Waals surface area contributed by atoms with Gasteiger partial charge in [-0.1, -0.05) is 12.1 Å². The number of benzene rings is 1. The second-order valence-electron chi connectivity index (χ2n) is 2.34. The number of phosphoric acid groups is 1. The molecule has 1 aromatic carbocycles. The van der Waals surface area contributed by atoms with Crippen molar-refractivity contribution in [2.75, 3.05) is 0 Å². The highest BCUT2D eigenvalue weighted by atomic mass is 31.2. The molecule has 0 aliphatic heterocycles. The Labute approximate surface area is 107 Å². The number of hydrogen-bond donors (Lipinski definition) is 5. The fraction of sp³-hybridized carbons (Fsp3) is 0. The van der Waals surface area contributed by atoms with Crippen molar-refractivity contribution in [3.8, 4) is 5.75 Å². The summed E-state index contributed by atoms with van der Waals surface area (Å²) in [6.45, 7) is 0. The van der Waals surface area contributed by atoms with Gasteiger partial charge < -0.3 is 24.9 Å². The second-order valence-corrected chi connectivity index (χ2v) is 3.36. The fourth-order valence-corrected chi connectivity index (χ4v) is 0.654. The summed E-state index contributed by atoms with van der Waals surface area (Å²) in [6, 6.07) is 5.81. The summed E-state index contributed by atoms with van der Waals surface area (Å²) < 4.78 is 8.88. The molecule has 7 nitrogen and oxygen atoms in total. The van der Waals surface area contributed by atoms with Crippen LogP contribution in [0, 0.1) is 0 Å². The maximum absolute atomic E-state index is 10.3. The van der Waals surface area contributed by atoms with Crippen LogP contribution in [0.3, 0.4) is 0 Å². The molecular formula is C7H11MgO7P. The fourth-order valence-electron chi connectivity index (χ4n) is 0.654. The standard InChI is InChI=1S/C7H6O3.Mg.H3O4P.2H/c8-6-4-2-1-3-5(6)7(9)10;;1-5(2,3)4;;/h1-4,8H,(H,9,10);;(H3,1,2,3,4);;. The number of hydrogen-bond acceptors (Lipinski definition) is 3.